The van der Waals surface area contributed by atoms with Crippen LogP contribution >= 0.6 is 11.8 Å². The van der Waals surface area contributed by atoms with Crippen molar-refractivity contribution in [3.05, 3.63) is 106 Å². The van der Waals surface area contributed by atoms with E-state index >= 15 is 0 Å². The van der Waals surface area contributed by atoms with Gasteiger partial charge in [-0.15, -0.1) is 0 Å². The highest BCUT2D eigenvalue weighted by Crippen LogP contribution is 2.20. The number of para-hydroxylation sites is 1. The molecule has 0 saturated heterocycles. The Morgan fingerprint density at radius 3 is 2.23 bits per heavy atom. The summed E-state index contributed by atoms with van der Waals surface area (Å²) in [5, 5.41) is 0.681. The van der Waals surface area contributed by atoms with Gasteiger partial charge in [-0.05, 0) is 36.4 Å². The van der Waals surface area contributed by atoms with Crippen molar-refractivity contribution in [2.24, 2.45) is 0 Å². The van der Waals surface area contributed by atoms with E-state index in [1.54, 1.807) is 48.5 Å². The summed E-state index contributed by atoms with van der Waals surface area (Å²) in [4.78, 5) is 42.9. The Hall–Kier alpha value is -3.58. The maximum Gasteiger partial charge on any atom is 0.262 e. The van der Waals surface area contributed by atoms with Crippen molar-refractivity contribution in [3.8, 4) is 0 Å². The van der Waals surface area contributed by atoms with Gasteiger partial charge in [-0.2, -0.15) is 0 Å². The maximum absolute atomic E-state index is 13.1. The third-order valence-corrected chi connectivity index (χ3v) is 5.70. The zero-order valence-electron chi connectivity index (χ0n) is 16.3. The van der Waals surface area contributed by atoms with Crippen LogP contribution in [0.3, 0.4) is 0 Å². The van der Waals surface area contributed by atoms with Gasteiger partial charge in [-0.25, -0.2) is 9.37 Å². The number of thioether (sulfide) groups is 1. The topological polar surface area (TPSA) is 69.0 Å². The molecule has 0 aliphatic carbocycles. The van der Waals surface area contributed by atoms with Crippen LogP contribution in [0, 0.1) is 5.82 Å². The van der Waals surface area contributed by atoms with E-state index in [0.717, 1.165) is 11.8 Å². The summed E-state index contributed by atoms with van der Waals surface area (Å²) in [5.74, 6) is -0.885. The van der Waals surface area contributed by atoms with E-state index in [0.29, 0.717) is 22.0 Å². The lowest BCUT2D eigenvalue weighted by molar-refractivity contribution is 0.0966. The number of carbonyl (C=O) groups is 2. The van der Waals surface area contributed by atoms with Crippen LogP contribution in [0.2, 0.25) is 0 Å². The second kappa shape index (κ2) is 9.06. The summed E-state index contributed by atoms with van der Waals surface area (Å²) in [6, 6.07) is 20.8. The summed E-state index contributed by atoms with van der Waals surface area (Å²) < 4.78 is 14.4. The van der Waals surface area contributed by atoms with E-state index in [1.807, 2.05) is 6.07 Å². The average molecular weight is 432 g/mol. The first-order valence-corrected chi connectivity index (χ1v) is 10.5. The second-order valence-corrected chi connectivity index (χ2v) is 7.75. The van der Waals surface area contributed by atoms with Crippen LogP contribution in [0.4, 0.5) is 4.39 Å². The van der Waals surface area contributed by atoms with E-state index in [2.05, 4.69) is 4.98 Å². The number of halogens is 1. The molecule has 4 aromatic rings. The van der Waals surface area contributed by atoms with Gasteiger partial charge in [0, 0.05) is 11.1 Å². The molecule has 0 atom stereocenters. The van der Waals surface area contributed by atoms with Crippen molar-refractivity contribution in [1.82, 2.24) is 9.55 Å². The molecule has 0 aliphatic heterocycles. The third kappa shape index (κ3) is 4.62. The molecule has 154 valence electrons. The van der Waals surface area contributed by atoms with Crippen LogP contribution in [-0.4, -0.2) is 26.9 Å². The Labute approximate surface area is 181 Å². The summed E-state index contributed by atoms with van der Waals surface area (Å²) in [6.07, 6.45) is 0. The van der Waals surface area contributed by atoms with E-state index in [4.69, 9.17) is 0 Å². The van der Waals surface area contributed by atoms with Gasteiger partial charge in [0.15, 0.2) is 16.7 Å². The van der Waals surface area contributed by atoms with Crippen molar-refractivity contribution in [3.63, 3.8) is 0 Å². The maximum atomic E-state index is 13.1. The van der Waals surface area contributed by atoms with Gasteiger partial charge in [-0.1, -0.05) is 54.2 Å². The first-order valence-electron chi connectivity index (χ1n) is 9.52. The molecule has 7 heteroatoms. The smallest absolute Gasteiger partial charge is 0.262 e. The normalized spacial score (nSPS) is 10.9. The fourth-order valence-corrected chi connectivity index (χ4v) is 4.00. The van der Waals surface area contributed by atoms with Crippen LogP contribution in [0.5, 0.6) is 0 Å². The second-order valence-electron chi connectivity index (χ2n) is 6.81. The molecule has 0 fully saturated rings. The Morgan fingerprint density at radius 2 is 1.48 bits per heavy atom. The van der Waals surface area contributed by atoms with E-state index in [-0.39, 0.29) is 34.6 Å². The molecule has 0 N–H and O–H groups in total. The molecule has 3 aromatic carbocycles. The van der Waals surface area contributed by atoms with Crippen LogP contribution < -0.4 is 5.56 Å². The Bertz CT molecular complexity index is 1320. The van der Waals surface area contributed by atoms with Crippen LogP contribution in [0.25, 0.3) is 10.9 Å². The van der Waals surface area contributed by atoms with Crippen molar-refractivity contribution < 1.29 is 14.0 Å². The van der Waals surface area contributed by atoms with Crippen molar-refractivity contribution in [1.29, 1.82) is 0 Å². The molecule has 31 heavy (non-hydrogen) atoms. The molecule has 4 rings (SSSR count). The molecule has 0 unspecified atom stereocenters. The molecule has 0 aliphatic rings. The van der Waals surface area contributed by atoms with E-state index < -0.39 is 5.82 Å². The molecule has 1 heterocycles. The number of fused-ring (bicyclic) bond motifs is 1. The average Bonchev–Trinajstić information content (AvgIpc) is 2.80. The Morgan fingerprint density at radius 1 is 0.839 bits per heavy atom. The van der Waals surface area contributed by atoms with Crippen molar-refractivity contribution >= 4 is 34.2 Å². The summed E-state index contributed by atoms with van der Waals surface area (Å²) >= 11 is 1.08. The highest BCUT2D eigenvalue weighted by atomic mass is 32.2. The lowest BCUT2D eigenvalue weighted by Gasteiger charge is -2.12. The van der Waals surface area contributed by atoms with Gasteiger partial charge in [0.2, 0.25) is 0 Å². The molecule has 5 nitrogen and oxygen atoms in total. The van der Waals surface area contributed by atoms with Crippen LogP contribution in [-0.2, 0) is 6.54 Å². The lowest BCUT2D eigenvalue weighted by Crippen LogP contribution is -2.27. The molecule has 0 radical (unpaired) electrons. The highest BCUT2D eigenvalue weighted by molar-refractivity contribution is 7.99. The van der Waals surface area contributed by atoms with Gasteiger partial charge in [-0.3, -0.25) is 19.0 Å². The lowest BCUT2D eigenvalue weighted by atomic mass is 10.1. The minimum atomic E-state index is -0.423. The van der Waals surface area contributed by atoms with Crippen molar-refractivity contribution in [2.75, 3.05) is 5.75 Å². The minimum absolute atomic E-state index is 0.00403. The first-order chi connectivity index (χ1) is 15.0. The third-order valence-electron chi connectivity index (χ3n) is 4.72. The molecule has 0 saturated carbocycles. The van der Waals surface area contributed by atoms with Crippen LogP contribution in [0.15, 0.2) is 88.8 Å². The highest BCUT2D eigenvalue weighted by Gasteiger charge is 2.17. The number of rotatable bonds is 7. The summed E-state index contributed by atoms with van der Waals surface area (Å²) in [6.45, 7) is -0.187. The number of aromatic nitrogens is 2. The summed E-state index contributed by atoms with van der Waals surface area (Å²) in [7, 11) is 0. The molecule has 0 amide bonds. The molecule has 1 aromatic heterocycles. The van der Waals surface area contributed by atoms with Gasteiger partial charge >= 0.3 is 0 Å². The number of nitrogens with zero attached hydrogens (tertiary/aromatic N) is 2. The Balaban J connectivity index is 1.66. The molecule has 0 bridgehead atoms. The monoisotopic (exact) mass is 432 g/mol. The Kier molecular flexibility index (Phi) is 6.04. The molecular weight excluding hydrogens is 415 g/mol. The van der Waals surface area contributed by atoms with Crippen LogP contribution in [0.1, 0.15) is 20.7 Å². The fraction of sp³-hybridized carbons (Fsp3) is 0.0833. The predicted molar refractivity (Wildman–Crippen MR) is 118 cm³/mol. The fourth-order valence-electron chi connectivity index (χ4n) is 3.11. The number of carbonyl (C=O) groups excluding carboxylic acids is 2. The zero-order chi connectivity index (χ0) is 21.8. The SMILES string of the molecule is O=C(CSc1nc2ccccc2c(=O)n1CC(=O)c1ccccc1)c1ccc(F)cc1. The largest absolute Gasteiger partial charge is 0.293 e. The zero-order valence-corrected chi connectivity index (χ0v) is 17.1. The molecule has 0 spiro atoms. The number of ketones is 2. The van der Waals surface area contributed by atoms with Gasteiger partial charge < -0.3 is 0 Å². The number of Topliss-reactive ketones (excluding diaryl/α,β-unsaturated/α-hetero) is 2. The quantitative estimate of drug-likeness (QED) is 0.246. The van der Waals surface area contributed by atoms with Gasteiger partial charge in [0.25, 0.3) is 5.56 Å². The first kappa shape index (κ1) is 20.7. The van der Waals surface area contributed by atoms with Gasteiger partial charge in [0.05, 0.1) is 23.2 Å². The number of hydrogen-bond acceptors (Lipinski definition) is 5. The standard InChI is InChI=1S/C24H17FN2O3S/c25-18-12-10-17(11-13-18)22(29)15-31-24-26-20-9-5-4-8-19(20)23(30)27(24)14-21(28)16-6-2-1-3-7-16/h1-13H,14-15H2. The van der Waals surface area contributed by atoms with E-state index in [1.165, 1.54) is 28.8 Å². The van der Waals surface area contributed by atoms with E-state index in [9.17, 15) is 18.8 Å². The summed E-state index contributed by atoms with van der Waals surface area (Å²) in [5.41, 5.74) is 1.00. The number of benzene rings is 3. The minimum Gasteiger partial charge on any atom is -0.293 e. The van der Waals surface area contributed by atoms with Gasteiger partial charge in [0.1, 0.15) is 5.82 Å². The van der Waals surface area contributed by atoms with Crippen molar-refractivity contribution in [2.45, 2.75) is 11.7 Å². The number of hydrogen-bond donors (Lipinski definition) is 0. The predicted octanol–water partition coefficient (Wildman–Crippen LogP) is 4.39. The molecular formula is C24H17FN2O3S.